The third kappa shape index (κ3) is 6.26. The predicted octanol–water partition coefficient (Wildman–Crippen LogP) is 1.52. The minimum atomic E-state index is -4.23. The van der Waals surface area contributed by atoms with Crippen LogP contribution in [0.1, 0.15) is 33.9 Å². The number of imidazole rings is 1. The summed E-state index contributed by atoms with van der Waals surface area (Å²) in [6.45, 7) is 5.97. The van der Waals surface area contributed by atoms with Crippen LogP contribution in [-0.4, -0.2) is 67.1 Å². The molecule has 1 aromatic carbocycles. The number of nitrogens with zero attached hydrogens (tertiary/aromatic N) is 4. The molecule has 4 rings (SSSR count). The lowest BCUT2D eigenvalue weighted by Crippen LogP contribution is -2.53. The highest BCUT2D eigenvalue weighted by molar-refractivity contribution is 7.52. The van der Waals surface area contributed by atoms with Crippen molar-refractivity contribution in [2.24, 2.45) is 5.73 Å². The molecule has 15 heteroatoms. The Morgan fingerprint density at radius 1 is 1.30 bits per heavy atom. The van der Waals surface area contributed by atoms with Gasteiger partial charge < -0.3 is 30.6 Å². The van der Waals surface area contributed by atoms with Crippen LogP contribution in [0.4, 0.5) is 5.95 Å². The number of aliphatic hydroxyl groups is 1. The molecule has 40 heavy (non-hydrogen) atoms. The van der Waals surface area contributed by atoms with Gasteiger partial charge in [-0.05, 0) is 39.8 Å². The minimum absolute atomic E-state index is 0.00654. The van der Waals surface area contributed by atoms with Gasteiger partial charge >= 0.3 is 13.7 Å². The molecule has 0 amide bonds. The number of fused-ring (bicyclic) bond motifs is 1. The average molecular weight is 574 g/mol. The van der Waals surface area contributed by atoms with E-state index in [-0.39, 0.29) is 17.8 Å². The van der Waals surface area contributed by atoms with E-state index in [2.05, 4.69) is 31.9 Å². The molecule has 14 nitrogen and oxygen atoms in total. The Kier molecular flexibility index (Phi) is 8.74. The van der Waals surface area contributed by atoms with Crippen molar-refractivity contribution in [2.45, 2.75) is 63.8 Å². The fraction of sp³-hybridized carbons (Fsp3) is 0.440. The van der Waals surface area contributed by atoms with Crippen LogP contribution in [0.3, 0.4) is 0 Å². The Labute approximate surface area is 231 Å². The molecular formula is C25H32N7O7P. The number of ether oxygens (including phenoxy) is 2. The zero-order valence-corrected chi connectivity index (χ0v) is 23.3. The third-order valence-corrected chi connectivity index (χ3v) is 7.56. The van der Waals surface area contributed by atoms with Gasteiger partial charge in [-0.15, -0.1) is 5.92 Å². The van der Waals surface area contributed by atoms with E-state index in [0.717, 1.165) is 0 Å². The number of rotatable bonds is 10. The first kappa shape index (κ1) is 29.4. The summed E-state index contributed by atoms with van der Waals surface area (Å²) in [5, 5.41) is 13.8. The highest BCUT2D eigenvalue weighted by Gasteiger charge is 2.55. The molecule has 0 bridgehead atoms. The van der Waals surface area contributed by atoms with Crippen LogP contribution in [0.5, 0.6) is 5.75 Å². The molecule has 214 valence electrons. The number of nitrogens with one attached hydrogen (secondary N) is 1. The fourth-order valence-corrected chi connectivity index (χ4v) is 5.60. The predicted molar refractivity (Wildman–Crippen MR) is 144 cm³/mol. The van der Waals surface area contributed by atoms with Crippen molar-refractivity contribution in [3.63, 3.8) is 0 Å². The van der Waals surface area contributed by atoms with E-state index in [1.54, 1.807) is 51.1 Å². The number of anilines is 1. The third-order valence-electron chi connectivity index (χ3n) is 5.92. The van der Waals surface area contributed by atoms with Crippen molar-refractivity contribution in [1.82, 2.24) is 24.6 Å². The maximum Gasteiger partial charge on any atom is 0.459 e. The van der Waals surface area contributed by atoms with Crippen molar-refractivity contribution >= 4 is 30.8 Å². The zero-order chi connectivity index (χ0) is 29.1. The van der Waals surface area contributed by atoms with E-state index < -0.39 is 50.3 Å². The summed E-state index contributed by atoms with van der Waals surface area (Å²) in [5.74, 6) is 5.12. The van der Waals surface area contributed by atoms with E-state index in [0.29, 0.717) is 11.2 Å². The molecule has 6 atom stereocenters. The van der Waals surface area contributed by atoms with Gasteiger partial charge in [0.2, 0.25) is 5.95 Å². The first-order valence-corrected chi connectivity index (χ1v) is 14.0. The molecular weight excluding hydrogens is 541 g/mol. The second-order valence-corrected chi connectivity index (χ2v) is 11.1. The van der Waals surface area contributed by atoms with E-state index in [1.807, 2.05) is 0 Å². The van der Waals surface area contributed by atoms with Crippen molar-refractivity contribution in [1.29, 1.82) is 0 Å². The largest absolute Gasteiger partial charge is 0.462 e. The number of aliphatic hydroxyl groups excluding tert-OH is 1. The number of benzene rings is 1. The Morgan fingerprint density at radius 2 is 2.02 bits per heavy atom. The van der Waals surface area contributed by atoms with Crippen molar-refractivity contribution in [3.8, 4) is 17.6 Å². The van der Waals surface area contributed by atoms with Crippen molar-refractivity contribution in [2.75, 3.05) is 12.3 Å². The molecule has 1 fully saturated rings. The SMILES string of the molecule is CC#C[C@@]1(N)C(O)[C@@H](COP(=O)(N[C@@H](C)C(=O)OC(C)C)Oc2ccccc2)O[C@H]1n1cnc2cnc(N)nc21. The van der Waals surface area contributed by atoms with Gasteiger partial charge in [0.15, 0.2) is 17.4 Å². The maximum atomic E-state index is 13.9. The summed E-state index contributed by atoms with van der Waals surface area (Å²) in [6.07, 6.45) is -1.13. The summed E-state index contributed by atoms with van der Waals surface area (Å²) >= 11 is 0. The molecule has 2 unspecified atom stereocenters. The van der Waals surface area contributed by atoms with Crippen molar-refractivity contribution < 1.29 is 33.0 Å². The van der Waals surface area contributed by atoms with Crippen LogP contribution in [0, 0.1) is 11.8 Å². The van der Waals surface area contributed by atoms with E-state index in [9.17, 15) is 14.5 Å². The maximum absolute atomic E-state index is 13.9. The number of carbonyl (C=O) groups excluding carboxylic acids is 1. The summed E-state index contributed by atoms with van der Waals surface area (Å²) in [6, 6.07) is 7.22. The Balaban J connectivity index is 1.59. The first-order chi connectivity index (χ1) is 19.0. The highest BCUT2D eigenvalue weighted by atomic mass is 31.2. The molecule has 1 aliphatic rings. The molecule has 0 radical (unpaired) electrons. The fourth-order valence-electron chi connectivity index (χ4n) is 4.10. The van der Waals surface area contributed by atoms with Crippen molar-refractivity contribution in [3.05, 3.63) is 42.9 Å². The van der Waals surface area contributed by atoms with Gasteiger partial charge in [-0.3, -0.25) is 13.9 Å². The number of aromatic nitrogens is 4. The van der Waals surface area contributed by atoms with Crippen LogP contribution in [0.15, 0.2) is 42.9 Å². The van der Waals surface area contributed by atoms with Crippen LogP contribution < -0.4 is 21.1 Å². The van der Waals surface area contributed by atoms with Gasteiger partial charge in [-0.2, -0.15) is 10.1 Å². The molecule has 6 N–H and O–H groups in total. The standard InChI is InChI=1S/C25H32N7O7P/c1-5-11-25(27)20(33)19(38-23(25)32-14-29-18-12-28-24(26)30-21(18)32)13-36-40(35,39-17-9-7-6-8-10-17)31-16(4)22(34)37-15(2)3/h6-10,12,14-16,19-20,23,33H,13,27H2,1-4H3,(H,31,35)(H2,26,28,30)/t16-,19+,20?,23+,25+,40?/m0/s1. The van der Waals surface area contributed by atoms with E-state index in [1.165, 1.54) is 24.0 Å². The van der Waals surface area contributed by atoms with Crippen LogP contribution in [0.2, 0.25) is 0 Å². The molecule has 1 saturated heterocycles. The normalized spacial score (nSPS) is 24.7. The topological polar surface area (TPSA) is 199 Å². The number of carbonyl (C=O) groups is 1. The number of hydrogen-bond acceptors (Lipinski definition) is 12. The summed E-state index contributed by atoms with van der Waals surface area (Å²) in [7, 11) is -4.23. The van der Waals surface area contributed by atoms with Gasteiger partial charge in [-0.1, -0.05) is 24.1 Å². The van der Waals surface area contributed by atoms with E-state index >= 15 is 0 Å². The number of nitrogens with two attached hydrogens (primary N) is 2. The molecule has 1 aliphatic heterocycles. The second kappa shape index (κ2) is 11.9. The second-order valence-electron chi connectivity index (χ2n) is 9.40. The quantitative estimate of drug-likeness (QED) is 0.155. The lowest BCUT2D eigenvalue weighted by atomic mass is 9.91. The summed E-state index contributed by atoms with van der Waals surface area (Å²) < 4.78 is 38.0. The average Bonchev–Trinajstić information content (AvgIpc) is 3.41. The molecule has 2 aromatic heterocycles. The van der Waals surface area contributed by atoms with E-state index in [4.69, 9.17) is 30.0 Å². The Hall–Kier alpha value is -3.57. The molecule has 3 heterocycles. The lowest BCUT2D eigenvalue weighted by molar-refractivity contribution is -0.149. The smallest absolute Gasteiger partial charge is 0.459 e. The lowest BCUT2D eigenvalue weighted by Gasteiger charge is -2.28. The van der Waals surface area contributed by atoms with Gasteiger partial charge in [0.05, 0.1) is 25.2 Å². The van der Waals surface area contributed by atoms with Crippen LogP contribution in [0.25, 0.3) is 11.2 Å². The Bertz CT molecular complexity index is 1460. The molecule has 0 spiro atoms. The first-order valence-electron chi connectivity index (χ1n) is 12.4. The molecule has 3 aromatic rings. The molecule has 0 saturated carbocycles. The molecule has 0 aliphatic carbocycles. The summed E-state index contributed by atoms with van der Waals surface area (Å²) in [5.41, 5.74) is 11.5. The number of hydrogen-bond donors (Lipinski definition) is 4. The van der Waals surface area contributed by atoms with Crippen LogP contribution in [-0.2, 0) is 23.4 Å². The Morgan fingerprint density at radius 3 is 2.70 bits per heavy atom. The van der Waals surface area contributed by atoms with Gasteiger partial charge in [0.25, 0.3) is 0 Å². The van der Waals surface area contributed by atoms with Gasteiger partial charge in [-0.25, -0.2) is 14.5 Å². The summed E-state index contributed by atoms with van der Waals surface area (Å²) in [4.78, 5) is 24.8. The van der Waals surface area contributed by atoms with Gasteiger partial charge in [0.1, 0.15) is 29.5 Å². The number of esters is 1. The monoisotopic (exact) mass is 573 g/mol. The zero-order valence-electron chi connectivity index (χ0n) is 22.4. The number of para-hydroxylation sites is 1. The highest BCUT2D eigenvalue weighted by Crippen LogP contribution is 2.47. The van der Waals surface area contributed by atoms with Gasteiger partial charge in [0, 0.05) is 0 Å². The number of nitrogen functional groups attached to an aromatic ring is 1. The minimum Gasteiger partial charge on any atom is -0.462 e. The van der Waals surface area contributed by atoms with Crippen LogP contribution >= 0.6 is 7.75 Å².